The second-order valence-electron chi connectivity index (χ2n) is 5.11. The number of benzene rings is 2. The van der Waals surface area contributed by atoms with Crippen LogP contribution in [0.1, 0.15) is 12.0 Å². The predicted molar refractivity (Wildman–Crippen MR) is 90.9 cm³/mol. The fourth-order valence-corrected chi connectivity index (χ4v) is 2.18. The van der Waals surface area contributed by atoms with E-state index < -0.39 is 0 Å². The Morgan fingerprint density at radius 1 is 1.12 bits per heavy atom. The van der Waals surface area contributed by atoms with Crippen LogP contribution in [0.5, 0.6) is 11.5 Å². The monoisotopic (exact) mass is 332 g/mol. The largest absolute Gasteiger partial charge is 0.497 e. The van der Waals surface area contributed by atoms with Crippen LogP contribution in [0.4, 0.5) is 10.1 Å². The lowest BCUT2D eigenvalue weighted by atomic mass is 10.2. The van der Waals surface area contributed by atoms with Gasteiger partial charge in [-0.25, -0.2) is 4.39 Å². The normalized spacial score (nSPS) is 10.1. The highest BCUT2D eigenvalue weighted by molar-refractivity contribution is 5.76. The van der Waals surface area contributed by atoms with Crippen molar-refractivity contribution in [2.45, 2.75) is 13.0 Å². The van der Waals surface area contributed by atoms with E-state index in [1.54, 1.807) is 38.5 Å². The molecule has 0 aromatic heterocycles. The molecule has 2 aromatic rings. The van der Waals surface area contributed by atoms with Gasteiger partial charge in [-0.2, -0.15) is 0 Å². The lowest BCUT2D eigenvalue weighted by molar-refractivity contribution is -0.121. The summed E-state index contributed by atoms with van der Waals surface area (Å²) in [6.07, 6.45) is 0.267. The van der Waals surface area contributed by atoms with Gasteiger partial charge in [0.15, 0.2) is 0 Å². The Morgan fingerprint density at radius 2 is 1.92 bits per heavy atom. The quantitative estimate of drug-likeness (QED) is 0.780. The van der Waals surface area contributed by atoms with Crippen LogP contribution in [-0.2, 0) is 11.3 Å². The van der Waals surface area contributed by atoms with E-state index in [4.69, 9.17) is 9.47 Å². The van der Waals surface area contributed by atoms with Crippen molar-refractivity contribution >= 4 is 11.6 Å². The molecule has 24 heavy (non-hydrogen) atoms. The average molecular weight is 332 g/mol. The van der Waals surface area contributed by atoms with Crippen molar-refractivity contribution < 1.29 is 18.7 Å². The van der Waals surface area contributed by atoms with E-state index in [2.05, 4.69) is 10.6 Å². The van der Waals surface area contributed by atoms with E-state index >= 15 is 0 Å². The Kier molecular flexibility index (Phi) is 6.42. The molecular formula is C18H21FN2O3. The van der Waals surface area contributed by atoms with Crippen LogP contribution in [0.3, 0.4) is 0 Å². The van der Waals surface area contributed by atoms with Crippen molar-refractivity contribution in [2.24, 2.45) is 0 Å². The predicted octanol–water partition coefficient (Wildman–Crippen LogP) is 2.96. The van der Waals surface area contributed by atoms with Crippen LogP contribution < -0.4 is 20.1 Å². The fourth-order valence-electron chi connectivity index (χ4n) is 2.18. The number of rotatable bonds is 8. The molecule has 0 saturated carbocycles. The Labute approximate surface area is 140 Å². The van der Waals surface area contributed by atoms with Gasteiger partial charge in [0.1, 0.15) is 17.3 Å². The molecule has 0 aliphatic rings. The van der Waals surface area contributed by atoms with Gasteiger partial charge in [0.05, 0.1) is 19.9 Å². The van der Waals surface area contributed by atoms with Crippen molar-refractivity contribution in [2.75, 3.05) is 26.1 Å². The van der Waals surface area contributed by atoms with Crippen molar-refractivity contribution in [3.05, 3.63) is 53.8 Å². The Morgan fingerprint density at radius 3 is 2.62 bits per heavy atom. The average Bonchev–Trinajstić information content (AvgIpc) is 2.61. The molecule has 128 valence electrons. The zero-order valence-corrected chi connectivity index (χ0v) is 13.8. The molecule has 0 fully saturated rings. The van der Waals surface area contributed by atoms with Gasteiger partial charge in [-0.1, -0.05) is 18.2 Å². The molecule has 0 heterocycles. The lowest BCUT2D eigenvalue weighted by Crippen LogP contribution is -2.25. The van der Waals surface area contributed by atoms with Crippen molar-refractivity contribution in [1.82, 2.24) is 5.32 Å². The number of nitrogens with one attached hydrogen (secondary N) is 2. The van der Waals surface area contributed by atoms with Gasteiger partial charge in [-0.05, 0) is 18.2 Å². The molecule has 0 spiro atoms. The van der Waals surface area contributed by atoms with E-state index in [0.29, 0.717) is 23.6 Å². The highest BCUT2D eigenvalue weighted by Gasteiger charge is 2.07. The Balaban J connectivity index is 1.79. The van der Waals surface area contributed by atoms with Gasteiger partial charge < -0.3 is 20.1 Å². The van der Waals surface area contributed by atoms with Gasteiger partial charge >= 0.3 is 0 Å². The van der Waals surface area contributed by atoms with Gasteiger partial charge in [-0.15, -0.1) is 0 Å². The SMILES string of the molecule is COc1ccc(NCCC(=O)NCc2ccccc2F)c(OC)c1. The van der Waals surface area contributed by atoms with Gasteiger partial charge in [0.2, 0.25) is 5.91 Å². The first-order valence-corrected chi connectivity index (χ1v) is 7.60. The fraction of sp³-hybridized carbons (Fsp3) is 0.278. The highest BCUT2D eigenvalue weighted by Crippen LogP contribution is 2.28. The zero-order valence-electron chi connectivity index (χ0n) is 13.8. The van der Waals surface area contributed by atoms with Crippen LogP contribution >= 0.6 is 0 Å². The number of carbonyl (C=O) groups is 1. The first-order valence-electron chi connectivity index (χ1n) is 7.60. The van der Waals surface area contributed by atoms with E-state index in [9.17, 15) is 9.18 Å². The third kappa shape index (κ3) is 4.87. The maximum Gasteiger partial charge on any atom is 0.222 e. The number of carbonyl (C=O) groups excluding carboxylic acids is 1. The first-order chi connectivity index (χ1) is 11.6. The summed E-state index contributed by atoms with van der Waals surface area (Å²) in [5, 5.41) is 5.84. The van der Waals surface area contributed by atoms with Gasteiger partial charge in [-0.3, -0.25) is 4.79 Å². The number of anilines is 1. The number of hydrogen-bond acceptors (Lipinski definition) is 4. The second-order valence-corrected chi connectivity index (χ2v) is 5.11. The smallest absolute Gasteiger partial charge is 0.222 e. The zero-order chi connectivity index (χ0) is 17.4. The third-order valence-corrected chi connectivity index (χ3v) is 3.51. The van der Waals surface area contributed by atoms with Crippen LogP contribution in [0.2, 0.25) is 0 Å². The summed E-state index contributed by atoms with van der Waals surface area (Å²) in [5.74, 6) is 0.860. The van der Waals surface area contributed by atoms with Crippen LogP contribution in [-0.4, -0.2) is 26.7 Å². The molecular weight excluding hydrogens is 311 g/mol. The molecule has 0 radical (unpaired) electrons. The van der Waals surface area contributed by atoms with E-state index in [0.717, 1.165) is 5.69 Å². The summed E-state index contributed by atoms with van der Waals surface area (Å²) < 4.78 is 23.9. The first kappa shape index (κ1) is 17.6. The Bertz CT molecular complexity index is 692. The Hall–Kier alpha value is -2.76. The topological polar surface area (TPSA) is 59.6 Å². The number of ether oxygens (including phenoxy) is 2. The van der Waals surface area contributed by atoms with Crippen molar-refractivity contribution in [3.63, 3.8) is 0 Å². The molecule has 0 atom stereocenters. The van der Waals surface area contributed by atoms with E-state index in [1.807, 2.05) is 12.1 Å². The van der Waals surface area contributed by atoms with E-state index in [1.165, 1.54) is 6.07 Å². The summed E-state index contributed by atoms with van der Waals surface area (Å²) in [5.41, 5.74) is 1.25. The van der Waals surface area contributed by atoms with Crippen molar-refractivity contribution in [3.8, 4) is 11.5 Å². The number of methoxy groups -OCH3 is 2. The van der Waals surface area contributed by atoms with Gasteiger partial charge in [0, 0.05) is 31.1 Å². The van der Waals surface area contributed by atoms with Crippen LogP contribution in [0, 0.1) is 5.82 Å². The molecule has 0 bridgehead atoms. The molecule has 0 aliphatic heterocycles. The van der Waals surface area contributed by atoms with Gasteiger partial charge in [0.25, 0.3) is 0 Å². The van der Waals surface area contributed by atoms with Crippen LogP contribution in [0.25, 0.3) is 0 Å². The molecule has 6 heteroatoms. The molecule has 5 nitrogen and oxygen atoms in total. The van der Waals surface area contributed by atoms with Crippen LogP contribution in [0.15, 0.2) is 42.5 Å². The maximum atomic E-state index is 13.5. The molecule has 0 aliphatic carbocycles. The number of halogens is 1. The van der Waals surface area contributed by atoms with Crippen molar-refractivity contribution in [1.29, 1.82) is 0 Å². The molecule has 0 unspecified atom stereocenters. The molecule has 2 aromatic carbocycles. The lowest BCUT2D eigenvalue weighted by Gasteiger charge is -2.12. The second kappa shape index (κ2) is 8.76. The summed E-state index contributed by atoms with van der Waals surface area (Å²) in [7, 11) is 3.16. The molecule has 0 saturated heterocycles. The minimum Gasteiger partial charge on any atom is -0.497 e. The summed E-state index contributed by atoms with van der Waals surface area (Å²) >= 11 is 0. The summed E-state index contributed by atoms with van der Waals surface area (Å²) in [6.45, 7) is 0.614. The summed E-state index contributed by atoms with van der Waals surface area (Å²) in [6, 6.07) is 11.8. The number of amides is 1. The highest BCUT2D eigenvalue weighted by atomic mass is 19.1. The third-order valence-electron chi connectivity index (χ3n) is 3.51. The minimum atomic E-state index is -0.320. The maximum absolute atomic E-state index is 13.5. The molecule has 1 amide bonds. The number of hydrogen-bond donors (Lipinski definition) is 2. The minimum absolute atomic E-state index is 0.154. The standard InChI is InChI=1S/C18H21FN2O3/c1-23-14-7-8-16(17(11-14)24-2)20-10-9-18(22)21-12-13-5-3-4-6-15(13)19/h3-8,11,20H,9-10,12H2,1-2H3,(H,21,22). The molecule has 2 rings (SSSR count). The van der Waals surface area contributed by atoms with E-state index in [-0.39, 0.29) is 24.7 Å². The molecule has 2 N–H and O–H groups in total. The summed E-state index contributed by atoms with van der Waals surface area (Å²) in [4.78, 5) is 11.8.